The number of ether oxygens (including phenoxy) is 1. The molecule has 2 aromatic heterocycles. The van der Waals surface area contributed by atoms with Gasteiger partial charge < -0.3 is 9.30 Å². The van der Waals surface area contributed by atoms with Crippen LogP contribution in [0.4, 0.5) is 5.00 Å². The van der Waals surface area contributed by atoms with Crippen molar-refractivity contribution < 1.29 is 19.2 Å². The molecule has 0 radical (unpaired) electrons. The Balaban J connectivity index is 1.96. The van der Waals surface area contributed by atoms with Crippen LogP contribution in [0.15, 0.2) is 41.4 Å². The first kappa shape index (κ1) is 20.2. The van der Waals surface area contributed by atoms with Gasteiger partial charge in [-0.05, 0) is 30.3 Å². The fraction of sp³-hybridized carbons (Fsp3) is 0.105. The standard InChI is InChI=1S/C19H13N3O5S2/c1-3-10-21-14-7-4-12(18(24)27-2)11-15(14)29-19(21)20-16(23)8-5-13-6-9-17(28-13)22(25)26/h1,4-9,11H,10H2,2H3/b8-5-,20-19?. The van der Waals surface area contributed by atoms with Crippen molar-refractivity contribution in [3.05, 3.63) is 61.8 Å². The van der Waals surface area contributed by atoms with Gasteiger partial charge in [0.25, 0.3) is 5.91 Å². The molecule has 1 amide bonds. The summed E-state index contributed by atoms with van der Waals surface area (Å²) in [4.78, 5) is 39.3. The van der Waals surface area contributed by atoms with Crippen LogP contribution in [0.2, 0.25) is 0 Å². The van der Waals surface area contributed by atoms with Gasteiger partial charge in [0, 0.05) is 17.0 Å². The second-order valence-electron chi connectivity index (χ2n) is 5.57. The quantitative estimate of drug-likeness (QED) is 0.204. The smallest absolute Gasteiger partial charge is 0.337 e. The van der Waals surface area contributed by atoms with Crippen LogP contribution in [0, 0.1) is 22.5 Å². The van der Waals surface area contributed by atoms with Gasteiger partial charge in [-0.1, -0.05) is 28.6 Å². The molecule has 0 saturated carbocycles. The van der Waals surface area contributed by atoms with Crippen LogP contribution in [0.25, 0.3) is 16.3 Å². The minimum atomic E-state index is -0.536. The Bertz CT molecular complexity index is 1260. The van der Waals surface area contributed by atoms with E-state index in [1.807, 2.05) is 0 Å². The van der Waals surface area contributed by atoms with Gasteiger partial charge in [0.1, 0.15) is 0 Å². The summed E-state index contributed by atoms with van der Waals surface area (Å²) in [6, 6.07) is 7.92. The van der Waals surface area contributed by atoms with E-state index in [1.165, 1.54) is 36.7 Å². The highest BCUT2D eigenvalue weighted by atomic mass is 32.1. The van der Waals surface area contributed by atoms with Gasteiger partial charge in [-0.25, -0.2) is 4.79 Å². The number of amides is 1. The number of rotatable bonds is 5. The lowest BCUT2D eigenvalue weighted by Gasteiger charge is -2.01. The minimum Gasteiger partial charge on any atom is -0.465 e. The number of carbonyl (C=O) groups excluding carboxylic acids is 2. The third-order valence-corrected chi connectivity index (χ3v) is 5.79. The van der Waals surface area contributed by atoms with E-state index in [-0.39, 0.29) is 11.5 Å². The van der Waals surface area contributed by atoms with Crippen LogP contribution in [0.1, 0.15) is 15.2 Å². The van der Waals surface area contributed by atoms with Crippen LogP contribution in [0.3, 0.4) is 0 Å². The Morgan fingerprint density at radius 1 is 1.34 bits per heavy atom. The predicted molar refractivity (Wildman–Crippen MR) is 111 cm³/mol. The molecule has 8 nitrogen and oxygen atoms in total. The van der Waals surface area contributed by atoms with E-state index in [2.05, 4.69) is 10.9 Å². The zero-order valence-electron chi connectivity index (χ0n) is 15.0. The van der Waals surface area contributed by atoms with Crippen LogP contribution in [0.5, 0.6) is 0 Å². The van der Waals surface area contributed by atoms with Crippen LogP contribution in [-0.4, -0.2) is 28.5 Å². The molecule has 1 aromatic carbocycles. The molecule has 0 saturated heterocycles. The zero-order chi connectivity index (χ0) is 21.0. The van der Waals surface area contributed by atoms with Crippen molar-refractivity contribution in [1.82, 2.24) is 4.57 Å². The molecule has 0 bridgehead atoms. The Labute approximate surface area is 172 Å². The van der Waals surface area contributed by atoms with Gasteiger partial charge in [0.15, 0.2) is 4.80 Å². The summed E-state index contributed by atoms with van der Waals surface area (Å²) >= 11 is 2.17. The van der Waals surface area contributed by atoms with E-state index in [0.717, 1.165) is 21.6 Å². The van der Waals surface area contributed by atoms with Crippen molar-refractivity contribution in [2.75, 3.05) is 7.11 Å². The fourth-order valence-corrected chi connectivity index (χ4v) is 4.26. The topological polar surface area (TPSA) is 104 Å². The number of thiophene rings is 1. The van der Waals surface area contributed by atoms with E-state index >= 15 is 0 Å². The number of carbonyl (C=O) groups is 2. The van der Waals surface area contributed by atoms with Crippen molar-refractivity contribution in [3.8, 4) is 12.3 Å². The molecule has 2 heterocycles. The van der Waals surface area contributed by atoms with Gasteiger partial charge in [-0.3, -0.25) is 14.9 Å². The summed E-state index contributed by atoms with van der Waals surface area (Å²) in [5, 5.41) is 10.7. The fourth-order valence-electron chi connectivity index (χ4n) is 2.46. The van der Waals surface area contributed by atoms with Gasteiger partial charge in [0.05, 0.1) is 34.4 Å². The largest absolute Gasteiger partial charge is 0.465 e. The zero-order valence-corrected chi connectivity index (χ0v) is 16.7. The number of nitrogens with zero attached hydrogens (tertiary/aromatic N) is 3. The predicted octanol–water partition coefficient (Wildman–Crippen LogP) is 3.23. The normalized spacial score (nSPS) is 11.7. The molecule has 3 aromatic rings. The molecule has 0 aliphatic carbocycles. The van der Waals surface area contributed by atoms with Gasteiger partial charge >= 0.3 is 11.0 Å². The van der Waals surface area contributed by atoms with E-state index < -0.39 is 16.8 Å². The van der Waals surface area contributed by atoms with Gasteiger partial charge in [0.2, 0.25) is 0 Å². The Morgan fingerprint density at radius 2 is 2.14 bits per heavy atom. The number of terminal acetylenes is 1. The molecule has 0 aliphatic heterocycles. The maximum absolute atomic E-state index is 12.3. The second kappa shape index (κ2) is 8.64. The molecule has 29 heavy (non-hydrogen) atoms. The SMILES string of the molecule is C#CCn1c(=NC(=O)/C=C\c2ccc([N+](=O)[O-])s2)sc2cc(C(=O)OC)ccc21. The van der Waals surface area contributed by atoms with E-state index in [9.17, 15) is 19.7 Å². The number of thiazole rings is 1. The lowest BCUT2D eigenvalue weighted by Crippen LogP contribution is -2.15. The van der Waals surface area contributed by atoms with Gasteiger partial charge in [-0.2, -0.15) is 4.99 Å². The third-order valence-electron chi connectivity index (χ3n) is 3.74. The van der Waals surface area contributed by atoms with Crippen LogP contribution >= 0.6 is 22.7 Å². The van der Waals surface area contributed by atoms with E-state index in [4.69, 9.17) is 11.2 Å². The first-order valence-corrected chi connectivity index (χ1v) is 9.72. The number of hydrogen-bond acceptors (Lipinski definition) is 7. The highest BCUT2D eigenvalue weighted by Gasteiger charge is 2.12. The van der Waals surface area contributed by atoms with Crippen molar-refractivity contribution in [1.29, 1.82) is 0 Å². The molecule has 0 atom stereocenters. The summed E-state index contributed by atoms with van der Waals surface area (Å²) in [6.45, 7) is 0.199. The number of nitro groups is 1. The molecule has 0 aliphatic rings. The molecular weight excluding hydrogens is 414 g/mol. The summed E-state index contributed by atoms with van der Waals surface area (Å²) in [5.74, 6) is 1.52. The van der Waals surface area contributed by atoms with Gasteiger partial charge in [-0.15, -0.1) is 6.42 Å². The Morgan fingerprint density at radius 3 is 2.79 bits per heavy atom. The van der Waals surface area contributed by atoms with Crippen LogP contribution in [-0.2, 0) is 16.1 Å². The summed E-state index contributed by atoms with van der Waals surface area (Å²) in [5.41, 5.74) is 1.12. The molecule has 146 valence electrons. The molecular formula is C19H13N3O5S2. The molecule has 0 fully saturated rings. The minimum absolute atomic E-state index is 0.00758. The van der Waals surface area contributed by atoms with Crippen LogP contribution < -0.4 is 4.80 Å². The number of benzene rings is 1. The monoisotopic (exact) mass is 427 g/mol. The lowest BCUT2D eigenvalue weighted by atomic mass is 10.2. The van der Waals surface area contributed by atoms with Crippen molar-refractivity contribution in [2.24, 2.45) is 4.99 Å². The average molecular weight is 427 g/mol. The summed E-state index contributed by atoms with van der Waals surface area (Å²) < 4.78 is 7.15. The van der Waals surface area contributed by atoms with Crippen molar-refractivity contribution in [2.45, 2.75) is 6.54 Å². The summed E-state index contributed by atoms with van der Waals surface area (Å²) in [7, 11) is 1.30. The maximum atomic E-state index is 12.3. The first-order chi connectivity index (χ1) is 13.9. The maximum Gasteiger partial charge on any atom is 0.337 e. The van der Waals surface area contributed by atoms with Crippen molar-refractivity contribution >= 4 is 55.8 Å². The Hall–Kier alpha value is -3.55. The molecule has 0 N–H and O–H groups in total. The third kappa shape index (κ3) is 4.48. The number of hydrogen-bond donors (Lipinski definition) is 0. The van der Waals surface area contributed by atoms with Crippen molar-refractivity contribution in [3.63, 3.8) is 0 Å². The molecule has 0 spiro atoms. The Kier molecular flexibility index (Phi) is 6.01. The molecule has 10 heteroatoms. The lowest BCUT2D eigenvalue weighted by molar-refractivity contribution is -0.380. The first-order valence-electron chi connectivity index (χ1n) is 8.09. The highest BCUT2D eigenvalue weighted by molar-refractivity contribution is 7.16. The molecule has 3 rings (SSSR count). The molecule has 0 unspecified atom stereocenters. The highest BCUT2D eigenvalue weighted by Crippen LogP contribution is 2.25. The number of esters is 1. The summed E-state index contributed by atoms with van der Waals surface area (Å²) in [6.07, 6.45) is 8.14. The number of aromatic nitrogens is 1. The number of fused-ring (bicyclic) bond motifs is 1. The second-order valence-corrected chi connectivity index (χ2v) is 7.67. The average Bonchev–Trinajstić information content (AvgIpc) is 3.31. The van der Waals surface area contributed by atoms with E-state index in [0.29, 0.717) is 15.2 Å². The number of methoxy groups -OCH3 is 1. The van der Waals surface area contributed by atoms with E-state index in [1.54, 1.807) is 28.8 Å².